The van der Waals surface area contributed by atoms with E-state index in [9.17, 15) is 65.8 Å². The van der Waals surface area contributed by atoms with E-state index < -0.39 is 147 Å². The van der Waals surface area contributed by atoms with Crippen molar-refractivity contribution in [1.29, 1.82) is 0 Å². The summed E-state index contributed by atoms with van der Waals surface area (Å²) in [6.07, 6.45) is 3.46. The first-order valence-corrected chi connectivity index (χ1v) is 22.3. The molecule has 0 aromatic heterocycles. The first-order chi connectivity index (χ1) is 30.6. The van der Waals surface area contributed by atoms with Crippen molar-refractivity contribution in [3.8, 4) is 0 Å². The van der Waals surface area contributed by atoms with Crippen molar-refractivity contribution in [2.45, 2.75) is 177 Å². The van der Waals surface area contributed by atoms with Gasteiger partial charge in [-0.1, -0.05) is 98.9 Å². The summed E-state index contributed by atoms with van der Waals surface area (Å²) in [6, 6.07) is -1.15. The van der Waals surface area contributed by atoms with Gasteiger partial charge in [0, 0.05) is 37.5 Å². The van der Waals surface area contributed by atoms with Crippen LogP contribution in [-0.4, -0.2) is 166 Å². The van der Waals surface area contributed by atoms with Gasteiger partial charge in [0.1, 0.15) is 18.1 Å². The van der Waals surface area contributed by atoms with Gasteiger partial charge in [-0.3, -0.25) is 9.59 Å². The van der Waals surface area contributed by atoms with E-state index in [2.05, 4.69) is 0 Å². The smallest absolute Gasteiger partial charge is 0.311 e. The Morgan fingerprint density at radius 2 is 1.23 bits per heavy atom. The minimum atomic E-state index is -2.33. The van der Waals surface area contributed by atoms with Crippen LogP contribution in [0.25, 0.3) is 0 Å². The number of fused-ring (bicyclic) bond motifs is 2. The summed E-state index contributed by atoms with van der Waals surface area (Å²) in [7, 11) is 0. The van der Waals surface area contributed by atoms with Crippen molar-refractivity contribution in [2.24, 2.45) is 23.5 Å². The number of esters is 1. The molecule has 0 aliphatic carbocycles. The largest absolute Gasteiger partial charge is 0.481 e. The monoisotopic (exact) mass is 923 g/mol. The molecule has 3 rings (SSSR count). The Morgan fingerprint density at radius 3 is 1.82 bits per heavy atom. The predicted molar refractivity (Wildman–Crippen MR) is 237 cm³/mol. The number of allylic oxidation sites excluding steroid dienone is 12. The average Bonchev–Trinajstić information content (AvgIpc) is 3.21. The van der Waals surface area contributed by atoms with Crippen LogP contribution in [0, 0.1) is 17.8 Å². The van der Waals surface area contributed by atoms with E-state index in [1.807, 2.05) is 19.1 Å². The number of cyclic esters (lactones) is 1. The Kier molecular flexibility index (Phi) is 23.6. The minimum Gasteiger partial charge on any atom is -0.481 e. The number of hydrogen-bond donors (Lipinski definition) is 12. The van der Waals surface area contributed by atoms with Gasteiger partial charge in [0.2, 0.25) is 0 Å². The zero-order valence-corrected chi connectivity index (χ0v) is 37.6. The molecule has 0 unspecified atom stereocenters. The molecule has 19 atom stereocenters. The number of carbonyl (C=O) groups is 2. The third-order valence-corrected chi connectivity index (χ3v) is 12.0. The highest BCUT2D eigenvalue weighted by atomic mass is 16.7. The molecule has 18 heteroatoms. The summed E-state index contributed by atoms with van der Waals surface area (Å²) in [5.41, 5.74) is 6.02. The molecule has 0 aromatic carbocycles. The number of carboxylic acids is 1. The molecule has 18 nitrogen and oxygen atoms in total. The first-order valence-electron chi connectivity index (χ1n) is 22.3. The summed E-state index contributed by atoms with van der Waals surface area (Å²) in [5, 5.41) is 118. The lowest BCUT2D eigenvalue weighted by molar-refractivity contribution is -0.308. The van der Waals surface area contributed by atoms with Gasteiger partial charge in [0.25, 0.3) is 0 Å². The summed E-state index contributed by atoms with van der Waals surface area (Å²) in [5.74, 6) is -6.83. The lowest BCUT2D eigenvalue weighted by Crippen LogP contribution is -2.61. The van der Waals surface area contributed by atoms with Crippen LogP contribution >= 0.6 is 0 Å². The van der Waals surface area contributed by atoms with Gasteiger partial charge < -0.3 is 80.9 Å². The quantitative estimate of drug-likeness (QED) is 0.174. The molecule has 0 amide bonds. The molecule has 3 aliphatic heterocycles. The lowest BCUT2D eigenvalue weighted by Gasteiger charge is -2.45. The standard InChI is InChI=1S/C47H73NO17/c1-27-17-15-13-11-9-7-5-6-8-10-12-14-16-18-34(64-46-44(58)41(48)43(57)30(4)63-46)24-38-40(45(59)60)37(54)26-47(61,65-38)25-33(51)22-36(53)35(52)20-19-31(49)21-32(50)23-39(55)62-29(3)28(2)42(27)56/h5-18,27-38,40-44,46,49-54,56-58,61H,19-26,48H2,1-4H3,(H,59,60)/b6-5+,9-7+,10-8+,13-11-,14-12+,17-15+,18-16+/t27-,28-,29-,30+,31+,32+,33-,34-,35+,36+,37-,38-,40-,41-,42+,43+,44-,46-,47-/m0/s1. The number of aliphatic carboxylic acids is 1. The van der Waals surface area contributed by atoms with Crippen molar-refractivity contribution in [2.75, 3.05) is 0 Å². The minimum absolute atomic E-state index is 0.107. The molecule has 0 radical (unpaired) electrons. The van der Waals surface area contributed by atoms with Crippen LogP contribution in [0.5, 0.6) is 0 Å². The molecule has 0 aromatic rings. The van der Waals surface area contributed by atoms with Gasteiger partial charge in [0.15, 0.2) is 12.1 Å². The molecule has 3 aliphatic rings. The van der Waals surface area contributed by atoms with Gasteiger partial charge in [0.05, 0.1) is 79.6 Å². The maximum absolute atomic E-state index is 12.6. The number of nitrogens with two attached hydrogens (primary N) is 1. The van der Waals surface area contributed by atoms with E-state index in [1.54, 1.807) is 80.7 Å². The second-order valence-corrected chi connectivity index (χ2v) is 17.6. The van der Waals surface area contributed by atoms with E-state index in [4.69, 9.17) is 24.7 Å². The molecule has 0 saturated carbocycles. The van der Waals surface area contributed by atoms with Crippen LogP contribution in [0.3, 0.4) is 0 Å². The highest BCUT2D eigenvalue weighted by Crippen LogP contribution is 2.38. The van der Waals surface area contributed by atoms with E-state index in [0.29, 0.717) is 0 Å². The van der Waals surface area contributed by atoms with E-state index >= 15 is 0 Å². The SMILES string of the molecule is C[C@@H]1[C@H](O)[C@@H](C)/C=C/C=C\C=C\C=C\C=C\C=C\C=C\[C@H](O[C@@H]2O[C@H](C)[C@@H](O)[C@H](N)[C@@H]2O)C[C@@H]2O[C@@](O)(C[C@@H](O)C[C@@H](O)[C@H](O)CC[C@@H](O)C[C@@H](O)CC(=O)O[C@H]1C)C[C@H](O)[C@@H]2C(=O)O. The zero-order valence-electron chi connectivity index (χ0n) is 37.6. The van der Waals surface area contributed by atoms with Crippen LogP contribution < -0.4 is 5.73 Å². The topological polar surface area (TPSA) is 320 Å². The van der Waals surface area contributed by atoms with Gasteiger partial charge >= 0.3 is 11.9 Å². The Morgan fingerprint density at radius 1 is 0.662 bits per heavy atom. The van der Waals surface area contributed by atoms with Crippen molar-refractivity contribution in [3.63, 3.8) is 0 Å². The fourth-order valence-corrected chi connectivity index (χ4v) is 7.97. The van der Waals surface area contributed by atoms with Crippen molar-refractivity contribution in [1.82, 2.24) is 0 Å². The van der Waals surface area contributed by atoms with Crippen molar-refractivity contribution >= 4 is 11.9 Å². The number of hydrogen-bond acceptors (Lipinski definition) is 17. The molecule has 0 spiro atoms. The maximum atomic E-state index is 12.6. The number of carbonyl (C=O) groups excluding carboxylic acids is 1. The lowest BCUT2D eigenvalue weighted by atomic mass is 9.82. The second kappa shape index (κ2) is 27.4. The molecule has 2 fully saturated rings. The maximum Gasteiger partial charge on any atom is 0.311 e. The van der Waals surface area contributed by atoms with Crippen LogP contribution in [0.15, 0.2) is 85.1 Å². The summed E-state index contributed by atoms with van der Waals surface area (Å²) in [4.78, 5) is 25.1. The van der Waals surface area contributed by atoms with Crippen molar-refractivity contribution in [3.05, 3.63) is 85.1 Å². The highest BCUT2D eigenvalue weighted by molar-refractivity contribution is 5.71. The Labute approximate surface area is 381 Å². The highest BCUT2D eigenvalue weighted by Gasteiger charge is 2.51. The third kappa shape index (κ3) is 18.6. The Bertz CT molecular complexity index is 1670. The molecular formula is C47H73NO17. The van der Waals surface area contributed by atoms with Gasteiger partial charge in [-0.15, -0.1) is 0 Å². The predicted octanol–water partition coefficient (Wildman–Crippen LogP) is 0.712. The molecular weight excluding hydrogens is 851 g/mol. The molecule has 65 heavy (non-hydrogen) atoms. The van der Waals surface area contributed by atoms with Gasteiger partial charge in [-0.2, -0.15) is 0 Å². The van der Waals surface area contributed by atoms with Crippen LogP contribution in [0.2, 0.25) is 0 Å². The van der Waals surface area contributed by atoms with Crippen LogP contribution in [0.4, 0.5) is 0 Å². The van der Waals surface area contributed by atoms with Crippen LogP contribution in [-0.2, 0) is 28.5 Å². The molecule has 3 heterocycles. The number of carboxylic acid groups (broad SMARTS) is 1. The first kappa shape index (κ1) is 55.9. The Hall–Kier alpha value is -3.44. The van der Waals surface area contributed by atoms with E-state index in [1.165, 1.54) is 13.0 Å². The second-order valence-electron chi connectivity index (χ2n) is 17.6. The van der Waals surface area contributed by atoms with Gasteiger partial charge in [-0.25, -0.2) is 0 Å². The number of ether oxygens (including phenoxy) is 4. The molecule has 2 bridgehead atoms. The fourth-order valence-electron chi connectivity index (χ4n) is 7.97. The fraction of sp³-hybridized carbons (Fsp3) is 0.660. The zero-order chi connectivity index (χ0) is 48.4. The number of aliphatic hydroxyl groups is 10. The summed E-state index contributed by atoms with van der Waals surface area (Å²) in [6.45, 7) is 6.74. The summed E-state index contributed by atoms with van der Waals surface area (Å²) >= 11 is 0. The Balaban J connectivity index is 1.86. The van der Waals surface area contributed by atoms with E-state index in [0.717, 1.165) is 0 Å². The van der Waals surface area contributed by atoms with Gasteiger partial charge in [-0.05, 0) is 33.1 Å². The van der Waals surface area contributed by atoms with E-state index in [-0.39, 0.29) is 31.6 Å². The molecule has 13 N–H and O–H groups in total. The molecule has 368 valence electrons. The average molecular weight is 924 g/mol. The number of rotatable bonds is 3. The van der Waals surface area contributed by atoms with Crippen LogP contribution in [0.1, 0.15) is 79.1 Å². The van der Waals surface area contributed by atoms with Crippen molar-refractivity contribution < 1.29 is 84.7 Å². The molecule has 2 saturated heterocycles. The number of aliphatic hydroxyl groups excluding tert-OH is 9. The normalized spacial score (nSPS) is 45.5. The third-order valence-electron chi connectivity index (χ3n) is 12.0. The summed E-state index contributed by atoms with van der Waals surface area (Å²) < 4.78 is 23.1.